The molecular weight excluding hydrogens is 939 g/mol. The summed E-state index contributed by atoms with van der Waals surface area (Å²) in [5.41, 5.74) is -0.0611. The number of nitrogens with zero attached hydrogens (tertiary/aromatic N) is 2. The van der Waals surface area contributed by atoms with Crippen LogP contribution < -0.4 is 16.2 Å². The number of phenols is 2. The topological polar surface area (TPSA) is 370 Å². The third-order valence-corrected chi connectivity index (χ3v) is 13.0. The highest BCUT2D eigenvalue weighted by Crippen LogP contribution is 2.38. The predicted octanol–water partition coefficient (Wildman–Crippen LogP) is 4.30. The van der Waals surface area contributed by atoms with E-state index in [1.165, 1.54) is 48.5 Å². The zero-order valence-electron chi connectivity index (χ0n) is 32.1. The molecule has 0 spiro atoms. The van der Waals surface area contributed by atoms with Crippen LogP contribution in [0, 0.1) is 0 Å². The number of Topliss-reactive ketones (excluding diaryl/α,β-unsaturated/α-hetero) is 2. The van der Waals surface area contributed by atoms with Gasteiger partial charge in [-0.05, 0) is 77.9 Å². The van der Waals surface area contributed by atoms with Crippen molar-refractivity contribution >= 4 is 96.2 Å². The van der Waals surface area contributed by atoms with Crippen LogP contribution in [-0.2, 0) is 40.5 Å². The number of hydrogen-bond donors (Lipinski definition) is 9. The van der Waals surface area contributed by atoms with Gasteiger partial charge in [0.05, 0.1) is 22.5 Å². The summed E-state index contributed by atoms with van der Waals surface area (Å²) in [7, 11) is -20.8. The van der Waals surface area contributed by atoms with Crippen molar-refractivity contribution in [2.24, 2.45) is 10.2 Å². The molecule has 9 N–H and O–H groups in total. The number of benzene rings is 5. The van der Waals surface area contributed by atoms with E-state index in [1.54, 1.807) is 6.07 Å². The molecule has 0 unspecified atom stereocenters. The van der Waals surface area contributed by atoms with Crippen LogP contribution in [-0.4, -0.2) is 91.0 Å². The van der Waals surface area contributed by atoms with Gasteiger partial charge in [0.15, 0.2) is 0 Å². The van der Waals surface area contributed by atoms with Crippen molar-refractivity contribution in [2.75, 3.05) is 16.2 Å². The number of rotatable bonds is 11. The van der Waals surface area contributed by atoms with Crippen LogP contribution in [0.5, 0.6) is 11.5 Å². The largest absolute Gasteiger partial charge is 0.506 e. The zero-order valence-corrected chi connectivity index (χ0v) is 35.4. The number of aromatic hydroxyl groups is 2. The number of nitrogens with one attached hydrogen (secondary N) is 3. The number of anilines is 3. The third-order valence-electron chi connectivity index (χ3n) is 9.44. The minimum absolute atomic E-state index is 0.110. The van der Waals surface area contributed by atoms with Crippen molar-refractivity contribution in [1.82, 2.24) is 0 Å². The van der Waals surface area contributed by atoms with Crippen LogP contribution in [0.15, 0.2) is 129 Å². The smallest absolute Gasteiger partial charge is 0.295 e. The van der Waals surface area contributed by atoms with Gasteiger partial charge in [0.2, 0.25) is 11.6 Å². The first-order chi connectivity index (χ1) is 30.3. The molecular formula is C39H27N5O17S4. The second-order valence-corrected chi connectivity index (χ2v) is 19.2. The van der Waals surface area contributed by atoms with E-state index >= 15 is 0 Å². The van der Waals surface area contributed by atoms with E-state index in [0.29, 0.717) is 18.2 Å². The van der Waals surface area contributed by atoms with Gasteiger partial charge < -0.3 is 15.5 Å². The molecule has 0 aromatic heterocycles. The predicted molar refractivity (Wildman–Crippen MR) is 232 cm³/mol. The summed E-state index contributed by atoms with van der Waals surface area (Å²) < 4.78 is 138. The van der Waals surface area contributed by atoms with E-state index in [9.17, 15) is 76.5 Å². The normalized spacial score (nSPS) is 15.4. The molecule has 0 aliphatic heterocycles. The molecule has 5 aromatic rings. The first-order valence-electron chi connectivity index (χ1n) is 17.8. The van der Waals surface area contributed by atoms with Crippen LogP contribution >= 0.6 is 0 Å². The van der Waals surface area contributed by atoms with Gasteiger partial charge in [-0.1, -0.05) is 42.5 Å². The average molecular weight is 966 g/mol. The van der Waals surface area contributed by atoms with Crippen LogP contribution in [0.4, 0.5) is 17.1 Å². The number of hydrogen-bond acceptors (Lipinski definition) is 17. The lowest BCUT2D eigenvalue weighted by Gasteiger charge is -2.20. The first-order valence-corrected chi connectivity index (χ1v) is 23.5. The van der Waals surface area contributed by atoms with Gasteiger partial charge >= 0.3 is 0 Å². The van der Waals surface area contributed by atoms with Gasteiger partial charge in [0.25, 0.3) is 46.4 Å². The van der Waals surface area contributed by atoms with Gasteiger partial charge in [-0.2, -0.15) is 43.9 Å². The SMILES string of the molecule is O=C(Nc1cc2c(c(S(=O)(=O)O)c1)C(=O)C(=NNc1ccc(-c3ccc(NN=C4C=C(S(=O)(=O)O)c5cccc(S(=O)(=O)O)c5C4=O)c(O)c3)cc1O)C=C2S(=O)(=O)O)c1ccccc1. The lowest BCUT2D eigenvalue weighted by atomic mass is 9.93. The summed E-state index contributed by atoms with van der Waals surface area (Å²) >= 11 is 0. The van der Waals surface area contributed by atoms with E-state index in [0.717, 1.165) is 36.4 Å². The maximum atomic E-state index is 13.7. The fourth-order valence-corrected chi connectivity index (χ4v) is 9.39. The van der Waals surface area contributed by atoms with Crippen LogP contribution in [0.2, 0.25) is 0 Å². The standard InChI is InChI=1S/C39H27N5O17S4/c45-29-13-20(9-11-25(29)41-43-27-17-32(63(53,54)55)23-7-4-8-31(62(50,51)52)35(23)37(27)47)21-10-12-26(30(46)14-21)42-44-28-18-33(64(56,57)58)24-15-22(40-39(49)19-5-2-1-3-6-19)16-34(65(59,60)61)36(24)38(28)48/h1-18,41-42,45-46H,(H,40,49)(H,50,51,52)(H,53,54,55)(H,56,57,58)(H,59,60,61). The molecule has 2 aliphatic rings. The van der Waals surface area contributed by atoms with Crippen molar-refractivity contribution in [3.05, 3.63) is 137 Å². The van der Waals surface area contributed by atoms with Crippen molar-refractivity contribution in [3.8, 4) is 22.6 Å². The fraction of sp³-hybridized carbons (Fsp3) is 0. The van der Waals surface area contributed by atoms with Gasteiger partial charge in [0, 0.05) is 22.4 Å². The number of allylic oxidation sites excluding steroid dienone is 2. The van der Waals surface area contributed by atoms with E-state index in [2.05, 4.69) is 26.4 Å². The molecule has 0 saturated heterocycles. The highest BCUT2D eigenvalue weighted by molar-refractivity contribution is 7.95. The summed E-state index contributed by atoms with van der Waals surface area (Å²) in [6.07, 6.45) is 1.23. The molecule has 0 bridgehead atoms. The number of carbonyl (C=O) groups excluding carboxylic acids is 3. The minimum atomic E-state index is -5.33. The molecule has 0 saturated carbocycles. The summed E-state index contributed by atoms with van der Waals surface area (Å²) in [5, 5.41) is 31.6. The summed E-state index contributed by atoms with van der Waals surface area (Å²) in [6, 6.07) is 19.5. The molecule has 0 radical (unpaired) electrons. The van der Waals surface area contributed by atoms with Gasteiger partial charge in [-0.15, -0.1) is 0 Å². The van der Waals surface area contributed by atoms with Gasteiger partial charge in [0.1, 0.15) is 42.5 Å². The molecule has 7 rings (SSSR count). The third kappa shape index (κ3) is 9.30. The summed E-state index contributed by atoms with van der Waals surface area (Å²) in [6.45, 7) is 0. The number of carbonyl (C=O) groups is 3. The highest BCUT2D eigenvalue weighted by atomic mass is 32.2. The lowest BCUT2D eigenvalue weighted by Crippen LogP contribution is -2.26. The number of fused-ring (bicyclic) bond motifs is 2. The molecule has 0 heterocycles. The average Bonchev–Trinajstić information content (AvgIpc) is 3.22. The van der Waals surface area contributed by atoms with Crippen LogP contribution in [0.3, 0.4) is 0 Å². The maximum absolute atomic E-state index is 13.7. The Kier molecular flexibility index (Phi) is 11.6. The van der Waals surface area contributed by atoms with E-state index < -0.39 is 123 Å². The van der Waals surface area contributed by atoms with Crippen molar-refractivity contribution in [2.45, 2.75) is 9.79 Å². The Balaban J connectivity index is 1.15. The number of phenolic OH excluding ortho intramolecular Hbond substituents is 2. The Morgan fingerprint density at radius 2 is 0.985 bits per heavy atom. The Hall–Kier alpha value is -7.43. The number of hydrazone groups is 2. The molecule has 0 atom stereocenters. The molecule has 334 valence electrons. The monoisotopic (exact) mass is 965 g/mol. The fourth-order valence-electron chi connectivity index (χ4n) is 6.53. The molecule has 65 heavy (non-hydrogen) atoms. The molecule has 5 aromatic carbocycles. The zero-order chi connectivity index (χ0) is 47.4. The van der Waals surface area contributed by atoms with Crippen molar-refractivity contribution in [3.63, 3.8) is 0 Å². The number of ketones is 2. The second kappa shape index (κ2) is 16.6. The molecule has 26 heteroatoms. The van der Waals surface area contributed by atoms with Crippen LogP contribution in [0.1, 0.15) is 42.2 Å². The van der Waals surface area contributed by atoms with E-state index in [1.807, 2.05) is 0 Å². The van der Waals surface area contributed by atoms with Gasteiger partial charge in [-0.25, -0.2) is 0 Å². The molecule has 0 fully saturated rings. The number of amides is 1. The lowest BCUT2D eigenvalue weighted by molar-refractivity contribution is 0.102. The Morgan fingerprint density at radius 1 is 0.508 bits per heavy atom. The Labute approximate surface area is 367 Å². The van der Waals surface area contributed by atoms with E-state index in [-0.39, 0.29) is 33.8 Å². The second-order valence-electron chi connectivity index (χ2n) is 13.7. The maximum Gasteiger partial charge on any atom is 0.295 e. The molecule has 2 aliphatic carbocycles. The van der Waals surface area contributed by atoms with Crippen molar-refractivity contribution < 1.29 is 76.5 Å². The van der Waals surface area contributed by atoms with Gasteiger partial charge in [-0.3, -0.25) is 43.4 Å². The summed E-state index contributed by atoms with van der Waals surface area (Å²) in [4.78, 5) is 35.7. The Morgan fingerprint density at radius 3 is 1.45 bits per heavy atom. The first kappa shape index (κ1) is 45.6. The quantitative estimate of drug-likeness (QED) is 0.0506. The van der Waals surface area contributed by atoms with Crippen molar-refractivity contribution in [1.29, 1.82) is 0 Å². The minimum Gasteiger partial charge on any atom is -0.506 e. The highest BCUT2D eigenvalue weighted by Gasteiger charge is 2.37. The van der Waals surface area contributed by atoms with Crippen LogP contribution in [0.25, 0.3) is 20.9 Å². The molecule has 22 nitrogen and oxygen atoms in total. The molecule has 1 amide bonds. The summed E-state index contributed by atoms with van der Waals surface area (Å²) in [5.74, 6) is -4.30. The van der Waals surface area contributed by atoms with E-state index in [4.69, 9.17) is 0 Å². The Bertz CT molecular complexity index is 3530.